The minimum absolute atomic E-state index is 0.169. The maximum absolute atomic E-state index is 13.0. The molecule has 0 unspecified atom stereocenters. The molecule has 1 aliphatic rings. The smallest absolute Gasteiger partial charge is 0.123 e. The van der Waals surface area contributed by atoms with Crippen LogP contribution in [0.5, 0.6) is 0 Å². The molecule has 1 fully saturated rings. The first-order valence-corrected chi connectivity index (χ1v) is 9.57. The Kier molecular flexibility index (Phi) is 8.54. The quantitative estimate of drug-likeness (QED) is 0.592. The van der Waals surface area contributed by atoms with E-state index in [0.29, 0.717) is 6.10 Å². The second-order valence-electron chi connectivity index (χ2n) is 6.62. The fourth-order valence-corrected chi connectivity index (χ4v) is 3.34. The van der Waals surface area contributed by atoms with Crippen LogP contribution < -0.4 is 4.90 Å². The summed E-state index contributed by atoms with van der Waals surface area (Å²) in [7, 11) is 0. The third-order valence-corrected chi connectivity index (χ3v) is 5.00. The first-order valence-electron chi connectivity index (χ1n) is 9.57. The Morgan fingerprint density at radius 1 is 1.04 bits per heavy atom. The van der Waals surface area contributed by atoms with Crippen LogP contribution in [0.1, 0.15) is 46.0 Å². The van der Waals surface area contributed by atoms with Gasteiger partial charge in [-0.25, -0.2) is 4.39 Å². The highest BCUT2D eigenvalue weighted by Gasteiger charge is 2.19. The molecule has 0 aromatic heterocycles. The van der Waals surface area contributed by atoms with Crippen LogP contribution in [0.15, 0.2) is 24.3 Å². The Morgan fingerprint density at radius 3 is 2.33 bits per heavy atom. The van der Waals surface area contributed by atoms with E-state index < -0.39 is 0 Å². The van der Waals surface area contributed by atoms with Gasteiger partial charge in [0.15, 0.2) is 0 Å². The number of ether oxygens (including phenoxy) is 1. The molecule has 0 atom stereocenters. The van der Waals surface area contributed by atoms with E-state index in [2.05, 4.69) is 23.6 Å². The van der Waals surface area contributed by atoms with Crippen LogP contribution in [0, 0.1) is 5.82 Å². The number of hydrogen-bond donors (Lipinski definition) is 0. The normalized spacial score (nSPS) is 16.1. The van der Waals surface area contributed by atoms with Gasteiger partial charge in [-0.3, -0.25) is 0 Å². The second-order valence-corrected chi connectivity index (χ2v) is 6.62. The molecule has 0 spiro atoms. The molecule has 0 aliphatic carbocycles. The molecule has 4 heteroatoms. The van der Waals surface area contributed by atoms with Gasteiger partial charge in [-0.15, -0.1) is 0 Å². The molecular weight excluding hydrogens is 303 g/mol. The van der Waals surface area contributed by atoms with Crippen LogP contribution >= 0.6 is 0 Å². The molecule has 24 heavy (non-hydrogen) atoms. The second kappa shape index (κ2) is 10.7. The van der Waals surface area contributed by atoms with Crippen molar-refractivity contribution in [3.8, 4) is 0 Å². The molecule has 0 bridgehead atoms. The molecule has 0 amide bonds. The summed E-state index contributed by atoms with van der Waals surface area (Å²) < 4.78 is 19.0. The SMILES string of the molecule is CCN(CC)CCCCCOC1CCN(c2ccc(F)cc2)CC1. The first kappa shape index (κ1) is 19.2. The molecule has 0 N–H and O–H groups in total. The van der Waals surface area contributed by atoms with Gasteiger partial charge in [-0.05, 0) is 76.0 Å². The zero-order chi connectivity index (χ0) is 17.2. The molecule has 0 radical (unpaired) electrons. The van der Waals surface area contributed by atoms with Gasteiger partial charge in [0.2, 0.25) is 0 Å². The minimum Gasteiger partial charge on any atom is -0.378 e. The van der Waals surface area contributed by atoms with Crippen LogP contribution in [0.25, 0.3) is 0 Å². The highest BCUT2D eigenvalue weighted by Crippen LogP contribution is 2.21. The predicted molar refractivity (Wildman–Crippen MR) is 99.2 cm³/mol. The van der Waals surface area contributed by atoms with Crippen LogP contribution in [0.4, 0.5) is 10.1 Å². The van der Waals surface area contributed by atoms with Crippen molar-refractivity contribution in [1.29, 1.82) is 0 Å². The average molecular weight is 336 g/mol. The lowest BCUT2D eigenvalue weighted by Gasteiger charge is -2.33. The van der Waals surface area contributed by atoms with E-state index in [1.807, 2.05) is 12.1 Å². The van der Waals surface area contributed by atoms with Gasteiger partial charge >= 0.3 is 0 Å². The van der Waals surface area contributed by atoms with Gasteiger partial charge in [0.05, 0.1) is 6.10 Å². The standard InChI is InChI=1S/C20H33FN2O/c1-3-22(4-2)14-6-5-7-17-24-20-12-15-23(16-13-20)19-10-8-18(21)9-11-19/h8-11,20H,3-7,12-17H2,1-2H3. The minimum atomic E-state index is -0.169. The number of hydrogen-bond acceptors (Lipinski definition) is 3. The maximum Gasteiger partial charge on any atom is 0.123 e. The van der Waals surface area contributed by atoms with E-state index in [0.717, 1.165) is 51.3 Å². The lowest BCUT2D eigenvalue weighted by atomic mass is 10.1. The van der Waals surface area contributed by atoms with Gasteiger partial charge < -0.3 is 14.5 Å². The van der Waals surface area contributed by atoms with Gasteiger partial charge in [0.25, 0.3) is 0 Å². The summed E-state index contributed by atoms with van der Waals surface area (Å²) in [6, 6.07) is 6.81. The Hall–Kier alpha value is -1.13. The molecule has 2 rings (SSSR count). The van der Waals surface area contributed by atoms with Crippen molar-refractivity contribution < 1.29 is 9.13 Å². The highest BCUT2D eigenvalue weighted by molar-refractivity contribution is 5.46. The molecule has 0 saturated carbocycles. The van der Waals surface area contributed by atoms with E-state index in [4.69, 9.17) is 4.74 Å². The largest absolute Gasteiger partial charge is 0.378 e. The topological polar surface area (TPSA) is 15.7 Å². The molecular formula is C20H33FN2O. The zero-order valence-corrected chi connectivity index (χ0v) is 15.3. The predicted octanol–water partition coefficient (Wildman–Crippen LogP) is 4.32. The Balaban J connectivity index is 1.54. The summed E-state index contributed by atoms with van der Waals surface area (Å²) in [6.45, 7) is 10.9. The molecule has 1 aromatic carbocycles. The van der Waals surface area contributed by atoms with Crippen molar-refractivity contribution in [2.75, 3.05) is 44.2 Å². The number of piperidine rings is 1. The Bertz CT molecular complexity index is 439. The summed E-state index contributed by atoms with van der Waals surface area (Å²) in [5.74, 6) is -0.169. The summed E-state index contributed by atoms with van der Waals surface area (Å²) in [4.78, 5) is 4.80. The van der Waals surface area contributed by atoms with Crippen molar-refractivity contribution >= 4 is 5.69 Å². The monoisotopic (exact) mass is 336 g/mol. The summed E-state index contributed by atoms with van der Waals surface area (Å²) in [5, 5.41) is 0. The van der Waals surface area contributed by atoms with E-state index >= 15 is 0 Å². The summed E-state index contributed by atoms with van der Waals surface area (Å²) in [5.41, 5.74) is 1.12. The third-order valence-electron chi connectivity index (χ3n) is 5.00. The Morgan fingerprint density at radius 2 is 1.71 bits per heavy atom. The third kappa shape index (κ3) is 6.40. The highest BCUT2D eigenvalue weighted by atomic mass is 19.1. The number of nitrogens with zero attached hydrogens (tertiary/aromatic N) is 2. The number of anilines is 1. The number of rotatable bonds is 10. The fourth-order valence-electron chi connectivity index (χ4n) is 3.34. The van der Waals surface area contributed by atoms with Gasteiger partial charge in [0.1, 0.15) is 5.82 Å². The zero-order valence-electron chi connectivity index (χ0n) is 15.3. The average Bonchev–Trinajstić information content (AvgIpc) is 2.62. The van der Waals surface area contributed by atoms with Crippen molar-refractivity contribution in [3.63, 3.8) is 0 Å². The van der Waals surface area contributed by atoms with Gasteiger partial charge in [-0.1, -0.05) is 13.8 Å². The van der Waals surface area contributed by atoms with Crippen molar-refractivity contribution in [2.45, 2.75) is 52.1 Å². The summed E-state index contributed by atoms with van der Waals surface area (Å²) >= 11 is 0. The van der Waals surface area contributed by atoms with Gasteiger partial charge in [-0.2, -0.15) is 0 Å². The molecule has 136 valence electrons. The van der Waals surface area contributed by atoms with Crippen molar-refractivity contribution in [1.82, 2.24) is 4.90 Å². The van der Waals surface area contributed by atoms with Crippen LogP contribution in [0.3, 0.4) is 0 Å². The van der Waals surface area contributed by atoms with Gasteiger partial charge in [0, 0.05) is 25.4 Å². The lowest BCUT2D eigenvalue weighted by Crippen LogP contribution is -2.37. The lowest BCUT2D eigenvalue weighted by molar-refractivity contribution is 0.0345. The van der Waals surface area contributed by atoms with E-state index in [9.17, 15) is 4.39 Å². The Labute approximate surface area is 146 Å². The molecule has 1 heterocycles. The maximum atomic E-state index is 13.0. The first-order chi connectivity index (χ1) is 11.7. The van der Waals surface area contributed by atoms with Crippen LogP contribution in [0.2, 0.25) is 0 Å². The molecule has 1 saturated heterocycles. The molecule has 1 aromatic rings. The molecule has 1 aliphatic heterocycles. The van der Waals surface area contributed by atoms with E-state index in [1.54, 1.807) is 0 Å². The van der Waals surface area contributed by atoms with Crippen LogP contribution in [-0.2, 0) is 4.74 Å². The number of halogens is 1. The summed E-state index contributed by atoms with van der Waals surface area (Å²) in [6.07, 6.45) is 6.22. The fraction of sp³-hybridized carbons (Fsp3) is 0.700. The number of unbranched alkanes of at least 4 members (excludes halogenated alkanes) is 2. The van der Waals surface area contributed by atoms with Crippen molar-refractivity contribution in [3.05, 3.63) is 30.1 Å². The van der Waals surface area contributed by atoms with Crippen LogP contribution in [-0.4, -0.2) is 50.3 Å². The van der Waals surface area contributed by atoms with Crippen molar-refractivity contribution in [2.24, 2.45) is 0 Å². The van der Waals surface area contributed by atoms with E-state index in [1.165, 1.54) is 37.9 Å². The molecule has 3 nitrogen and oxygen atoms in total. The van der Waals surface area contributed by atoms with E-state index in [-0.39, 0.29) is 5.82 Å². The number of benzene rings is 1.